The molecule has 1 aromatic heterocycles. The Bertz CT molecular complexity index is 669. The predicted molar refractivity (Wildman–Crippen MR) is 92.9 cm³/mol. The Kier molecular flexibility index (Phi) is 5.84. The maximum atomic E-state index is 12.9. The minimum Gasteiger partial charge on any atom is -0.490 e. The number of para-hydroxylation sites is 1. The van der Waals surface area contributed by atoms with Crippen LogP contribution in [-0.2, 0) is 4.74 Å². The van der Waals surface area contributed by atoms with Gasteiger partial charge in [0, 0.05) is 32.8 Å². The normalized spacial score (nSPS) is 14.6. The van der Waals surface area contributed by atoms with Crippen LogP contribution in [0.4, 0.5) is 5.95 Å². The van der Waals surface area contributed by atoms with Gasteiger partial charge in [0.15, 0.2) is 0 Å². The van der Waals surface area contributed by atoms with Crippen LogP contribution >= 0.6 is 0 Å². The van der Waals surface area contributed by atoms with Gasteiger partial charge in [-0.2, -0.15) is 10.1 Å². The van der Waals surface area contributed by atoms with Gasteiger partial charge >= 0.3 is 0 Å². The second-order valence-electron chi connectivity index (χ2n) is 5.63. The Morgan fingerprint density at radius 1 is 1.20 bits per heavy atom. The summed E-state index contributed by atoms with van der Waals surface area (Å²) in [5.74, 6) is 1.33. The highest BCUT2D eigenvalue weighted by Gasteiger charge is 2.25. The van der Waals surface area contributed by atoms with Crippen molar-refractivity contribution >= 4 is 11.9 Å². The number of ether oxygens (including phenoxy) is 2. The minimum atomic E-state index is -0.00997. The molecule has 1 aromatic carbocycles. The van der Waals surface area contributed by atoms with E-state index in [0.29, 0.717) is 57.3 Å². The van der Waals surface area contributed by atoms with Crippen LogP contribution in [0, 0.1) is 0 Å². The number of H-pyrrole nitrogens is 1. The van der Waals surface area contributed by atoms with Gasteiger partial charge < -0.3 is 19.3 Å². The molecule has 8 heteroatoms. The first-order valence-corrected chi connectivity index (χ1v) is 8.48. The van der Waals surface area contributed by atoms with Crippen molar-refractivity contribution < 1.29 is 14.3 Å². The molecule has 0 saturated carbocycles. The zero-order valence-electron chi connectivity index (χ0n) is 14.4. The minimum absolute atomic E-state index is 0.00997. The number of carbonyl (C=O) groups is 1. The predicted octanol–water partition coefficient (Wildman–Crippen LogP) is 1.18. The SMILES string of the molecule is CCOCCOc1ccccc1C(=O)N1CCN(c2ncn[nH]2)CC1. The lowest BCUT2D eigenvalue weighted by molar-refractivity contribution is 0.0736. The van der Waals surface area contributed by atoms with Gasteiger partial charge in [-0.3, -0.25) is 4.79 Å². The summed E-state index contributed by atoms with van der Waals surface area (Å²) in [6.45, 7) is 6.23. The molecule has 1 aliphatic rings. The van der Waals surface area contributed by atoms with Crippen molar-refractivity contribution in [3.8, 4) is 5.75 Å². The molecular weight excluding hydrogens is 322 g/mol. The van der Waals surface area contributed by atoms with Crippen molar-refractivity contribution in [2.24, 2.45) is 0 Å². The number of aromatic nitrogens is 3. The standard InChI is InChI=1S/C17H23N5O3/c1-2-24-11-12-25-15-6-4-3-5-14(15)16(23)21-7-9-22(10-8-21)17-18-13-19-20-17/h3-6,13H,2,7-12H2,1H3,(H,18,19,20). The molecule has 0 unspecified atom stereocenters. The molecule has 2 heterocycles. The Hall–Kier alpha value is -2.61. The third-order valence-electron chi connectivity index (χ3n) is 4.08. The van der Waals surface area contributed by atoms with E-state index in [2.05, 4.69) is 20.1 Å². The average Bonchev–Trinajstić information content (AvgIpc) is 3.20. The molecule has 1 N–H and O–H groups in total. The van der Waals surface area contributed by atoms with Crippen LogP contribution in [0.15, 0.2) is 30.6 Å². The number of benzene rings is 1. The van der Waals surface area contributed by atoms with E-state index >= 15 is 0 Å². The number of rotatable bonds is 7. The number of hydrogen-bond donors (Lipinski definition) is 1. The first kappa shape index (κ1) is 17.2. The largest absolute Gasteiger partial charge is 0.490 e. The van der Waals surface area contributed by atoms with Gasteiger partial charge in [-0.1, -0.05) is 12.1 Å². The van der Waals surface area contributed by atoms with Crippen LogP contribution < -0.4 is 9.64 Å². The van der Waals surface area contributed by atoms with Crippen LogP contribution in [0.3, 0.4) is 0 Å². The summed E-state index contributed by atoms with van der Waals surface area (Å²) in [6.07, 6.45) is 1.49. The first-order valence-electron chi connectivity index (χ1n) is 8.48. The zero-order valence-corrected chi connectivity index (χ0v) is 14.4. The van der Waals surface area contributed by atoms with Gasteiger partial charge in [-0.15, -0.1) is 0 Å². The van der Waals surface area contributed by atoms with Crippen LogP contribution in [0.5, 0.6) is 5.75 Å². The molecular formula is C17H23N5O3. The highest BCUT2D eigenvalue weighted by molar-refractivity contribution is 5.97. The molecule has 0 spiro atoms. The lowest BCUT2D eigenvalue weighted by Gasteiger charge is -2.34. The quantitative estimate of drug-likeness (QED) is 0.759. The monoisotopic (exact) mass is 345 g/mol. The molecule has 0 atom stereocenters. The second-order valence-corrected chi connectivity index (χ2v) is 5.63. The molecule has 134 valence electrons. The number of amides is 1. The van der Waals surface area contributed by atoms with E-state index in [4.69, 9.17) is 9.47 Å². The molecule has 1 fully saturated rings. The number of hydrogen-bond acceptors (Lipinski definition) is 6. The fraction of sp³-hybridized carbons (Fsp3) is 0.471. The van der Waals surface area contributed by atoms with Crippen LogP contribution in [0.1, 0.15) is 17.3 Å². The molecule has 0 radical (unpaired) electrons. The van der Waals surface area contributed by atoms with E-state index in [1.807, 2.05) is 30.0 Å². The summed E-state index contributed by atoms with van der Waals surface area (Å²) < 4.78 is 11.0. The molecule has 0 aliphatic carbocycles. The highest BCUT2D eigenvalue weighted by Crippen LogP contribution is 2.21. The fourth-order valence-corrected chi connectivity index (χ4v) is 2.77. The molecule has 0 bridgehead atoms. The van der Waals surface area contributed by atoms with Crippen LogP contribution in [-0.4, -0.2) is 72.0 Å². The number of carbonyl (C=O) groups excluding carboxylic acids is 1. The van der Waals surface area contributed by atoms with Crippen LogP contribution in [0.25, 0.3) is 0 Å². The Balaban J connectivity index is 1.60. The summed E-state index contributed by atoms with van der Waals surface area (Å²) in [4.78, 5) is 20.9. The lowest BCUT2D eigenvalue weighted by Crippen LogP contribution is -2.49. The van der Waals surface area contributed by atoms with E-state index in [1.165, 1.54) is 6.33 Å². The molecule has 25 heavy (non-hydrogen) atoms. The lowest BCUT2D eigenvalue weighted by atomic mass is 10.1. The molecule has 8 nitrogen and oxygen atoms in total. The zero-order chi connectivity index (χ0) is 17.5. The summed E-state index contributed by atoms with van der Waals surface area (Å²) in [7, 11) is 0. The Morgan fingerprint density at radius 3 is 2.72 bits per heavy atom. The number of aromatic amines is 1. The third-order valence-corrected chi connectivity index (χ3v) is 4.08. The topological polar surface area (TPSA) is 83.6 Å². The maximum absolute atomic E-state index is 12.9. The maximum Gasteiger partial charge on any atom is 0.257 e. The number of nitrogens with one attached hydrogen (secondary N) is 1. The molecule has 1 aliphatic heterocycles. The van der Waals surface area contributed by atoms with Crippen molar-refractivity contribution in [2.75, 3.05) is 50.9 Å². The third kappa shape index (κ3) is 4.27. The van der Waals surface area contributed by atoms with Crippen molar-refractivity contribution in [1.82, 2.24) is 20.1 Å². The summed E-state index contributed by atoms with van der Waals surface area (Å²) in [5, 5.41) is 6.72. The number of nitrogens with zero attached hydrogens (tertiary/aromatic N) is 4. The van der Waals surface area contributed by atoms with Gasteiger partial charge in [-0.25, -0.2) is 5.10 Å². The van der Waals surface area contributed by atoms with Gasteiger partial charge in [0.25, 0.3) is 5.91 Å². The van der Waals surface area contributed by atoms with Gasteiger partial charge in [0.1, 0.15) is 18.7 Å². The average molecular weight is 345 g/mol. The highest BCUT2D eigenvalue weighted by atomic mass is 16.5. The van der Waals surface area contributed by atoms with Gasteiger partial charge in [0.2, 0.25) is 5.95 Å². The van der Waals surface area contributed by atoms with E-state index in [9.17, 15) is 4.79 Å². The van der Waals surface area contributed by atoms with Gasteiger partial charge in [0.05, 0.1) is 12.2 Å². The van der Waals surface area contributed by atoms with Gasteiger partial charge in [-0.05, 0) is 19.1 Å². The van der Waals surface area contributed by atoms with Crippen molar-refractivity contribution in [3.63, 3.8) is 0 Å². The smallest absolute Gasteiger partial charge is 0.257 e. The van der Waals surface area contributed by atoms with E-state index in [-0.39, 0.29) is 5.91 Å². The Morgan fingerprint density at radius 2 is 2.00 bits per heavy atom. The van der Waals surface area contributed by atoms with Crippen molar-refractivity contribution in [3.05, 3.63) is 36.2 Å². The molecule has 1 amide bonds. The fourth-order valence-electron chi connectivity index (χ4n) is 2.77. The summed E-state index contributed by atoms with van der Waals surface area (Å²) in [5.41, 5.74) is 0.590. The van der Waals surface area contributed by atoms with Crippen molar-refractivity contribution in [2.45, 2.75) is 6.92 Å². The van der Waals surface area contributed by atoms with Crippen LogP contribution in [0.2, 0.25) is 0 Å². The summed E-state index contributed by atoms with van der Waals surface area (Å²) >= 11 is 0. The van der Waals surface area contributed by atoms with Crippen molar-refractivity contribution in [1.29, 1.82) is 0 Å². The number of piperazine rings is 1. The van der Waals surface area contributed by atoms with E-state index < -0.39 is 0 Å². The number of anilines is 1. The second kappa shape index (κ2) is 8.48. The van der Waals surface area contributed by atoms with E-state index in [0.717, 1.165) is 5.95 Å². The van der Waals surface area contributed by atoms with E-state index in [1.54, 1.807) is 6.07 Å². The summed E-state index contributed by atoms with van der Waals surface area (Å²) in [6, 6.07) is 7.35. The molecule has 2 aromatic rings. The molecule has 1 saturated heterocycles. The Labute approximate surface area is 146 Å². The molecule has 3 rings (SSSR count). The first-order chi connectivity index (χ1) is 12.3.